The summed E-state index contributed by atoms with van der Waals surface area (Å²) in [5.74, 6) is 0.586. The highest BCUT2D eigenvalue weighted by atomic mass is 32.1. The Balaban J connectivity index is 1.67. The second-order valence-electron chi connectivity index (χ2n) is 6.48. The third kappa shape index (κ3) is 3.24. The summed E-state index contributed by atoms with van der Waals surface area (Å²) < 4.78 is 9.06. The first-order valence-electron chi connectivity index (χ1n) is 8.75. The van der Waals surface area contributed by atoms with Gasteiger partial charge in [-0.1, -0.05) is 6.07 Å². The number of rotatable bonds is 6. The van der Waals surface area contributed by atoms with Gasteiger partial charge in [-0.15, -0.1) is 11.3 Å². The predicted octanol–water partition coefficient (Wildman–Crippen LogP) is 5.13. The lowest BCUT2D eigenvalue weighted by Crippen LogP contribution is -2.08. The van der Waals surface area contributed by atoms with Crippen LogP contribution in [0.15, 0.2) is 54.2 Å². The molecule has 0 atom stereocenters. The lowest BCUT2D eigenvalue weighted by Gasteiger charge is -2.14. The molecule has 0 saturated carbocycles. The molecule has 27 heavy (non-hydrogen) atoms. The molecule has 0 N–H and O–H groups in total. The number of aldehydes is 1. The number of benzene rings is 1. The van der Waals surface area contributed by atoms with Crippen LogP contribution in [0.4, 0.5) is 0 Å². The quantitative estimate of drug-likeness (QED) is 0.437. The molecule has 136 valence electrons. The number of ether oxygens (including phenoxy) is 1. The van der Waals surface area contributed by atoms with Gasteiger partial charge in [0.1, 0.15) is 12.4 Å². The van der Waals surface area contributed by atoms with Crippen molar-refractivity contribution in [3.8, 4) is 17.1 Å². The third-order valence-corrected chi connectivity index (χ3v) is 5.31. The van der Waals surface area contributed by atoms with Gasteiger partial charge >= 0.3 is 0 Å². The Morgan fingerprint density at radius 3 is 2.89 bits per heavy atom. The summed E-state index contributed by atoms with van der Waals surface area (Å²) in [7, 11) is 0. The van der Waals surface area contributed by atoms with Gasteiger partial charge in [0.05, 0.1) is 17.0 Å². The zero-order valence-corrected chi connectivity index (χ0v) is 15.9. The van der Waals surface area contributed by atoms with Crippen LogP contribution in [0.2, 0.25) is 0 Å². The highest BCUT2D eigenvalue weighted by Crippen LogP contribution is 2.31. The number of hydrogen-bond acceptors (Lipinski definition) is 5. The fraction of sp³-hybridized carbons (Fsp3) is 0.190. The van der Waals surface area contributed by atoms with Crippen LogP contribution in [0.1, 0.15) is 35.8 Å². The SMILES string of the molecule is CC(C)n1nccc1-c1ncccc1COc1ccc2sccc2c1C=O. The molecule has 0 aliphatic heterocycles. The van der Waals surface area contributed by atoms with E-state index in [4.69, 9.17) is 4.74 Å². The summed E-state index contributed by atoms with van der Waals surface area (Å²) in [5.41, 5.74) is 3.33. The van der Waals surface area contributed by atoms with Crippen molar-refractivity contribution < 1.29 is 9.53 Å². The second kappa shape index (κ2) is 7.32. The molecular weight excluding hydrogens is 358 g/mol. The maximum absolute atomic E-state index is 11.6. The molecule has 0 saturated heterocycles. The Kier molecular flexibility index (Phi) is 4.73. The smallest absolute Gasteiger partial charge is 0.154 e. The van der Waals surface area contributed by atoms with E-state index < -0.39 is 0 Å². The number of hydrogen-bond donors (Lipinski definition) is 0. The molecule has 6 heteroatoms. The van der Waals surface area contributed by atoms with Crippen molar-refractivity contribution in [3.05, 3.63) is 65.3 Å². The molecule has 0 radical (unpaired) electrons. The zero-order valence-electron chi connectivity index (χ0n) is 15.1. The topological polar surface area (TPSA) is 57.0 Å². The highest BCUT2D eigenvalue weighted by molar-refractivity contribution is 7.17. The van der Waals surface area contributed by atoms with Gasteiger partial charge in [0, 0.05) is 34.1 Å². The summed E-state index contributed by atoms with van der Waals surface area (Å²) in [6, 6.07) is 11.9. The fourth-order valence-corrected chi connectivity index (χ4v) is 3.95. The normalized spacial score (nSPS) is 11.2. The molecule has 0 aliphatic rings. The Hall–Kier alpha value is -2.99. The predicted molar refractivity (Wildman–Crippen MR) is 107 cm³/mol. The number of carbonyl (C=O) groups is 1. The van der Waals surface area contributed by atoms with Gasteiger partial charge < -0.3 is 4.74 Å². The maximum Gasteiger partial charge on any atom is 0.154 e. The van der Waals surface area contributed by atoms with Crippen molar-refractivity contribution in [3.63, 3.8) is 0 Å². The summed E-state index contributed by atoms with van der Waals surface area (Å²) in [4.78, 5) is 16.2. The number of pyridine rings is 1. The first-order chi connectivity index (χ1) is 13.2. The summed E-state index contributed by atoms with van der Waals surface area (Å²) in [6.45, 7) is 4.49. The van der Waals surface area contributed by atoms with E-state index >= 15 is 0 Å². The van der Waals surface area contributed by atoms with Crippen molar-refractivity contribution in [2.75, 3.05) is 0 Å². The molecule has 0 amide bonds. The summed E-state index contributed by atoms with van der Waals surface area (Å²) in [6.07, 6.45) is 4.41. The van der Waals surface area contributed by atoms with Gasteiger partial charge in [-0.2, -0.15) is 5.10 Å². The van der Waals surface area contributed by atoms with E-state index in [-0.39, 0.29) is 6.04 Å². The van der Waals surface area contributed by atoms with Crippen molar-refractivity contribution in [1.82, 2.24) is 14.8 Å². The molecule has 4 aromatic rings. The van der Waals surface area contributed by atoms with Crippen LogP contribution in [-0.2, 0) is 6.61 Å². The molecular formula is C21H19N3O2S. The molecule has 3 aromatic heterocycles. The van der Waals surface area contributed by atoms with Crippen LogP contribution in [0.3, 0.4) is 0 Å². The molecule has 0 fully saturated rings. The number of fused-ring (bicyclic) bond motifs is 1. The molecule has 0 aliphatic carbocycles. The third-order valence-electron chi connectivity index (χ3n) is 4.43. The van der Waals surface area contributed by atoms with Gasteiger partial charge in [0.2, 0.25) is 0 Å². The van der Waals surface area contributed by atoms with E-state index in [9.17, 15) is 4.79 Å². The van der Waals surface area contributed by atoms with Crippen LogP contribution < -0.4 is 4.74 Å². The Bertz CT molecular complexity index is 1100. The summed E-state index contributed by atoms with van der Waals surface area (Å²) in [5, 5.41) is 7.31. The number of aromatic nitrogens is 3. The monoisotopic (exact) mass is 377 g/mol. The largest absolute Gasteiger partial charge is 0.488 e. The van der Waals surface area contributed by atoms with E-state index in [0.717, 1.165) is 33.3 Å². The van der Waals surface area contributed by atoms with E-state index in [0.29, 0.717) is 17.9 Å². The number of thiophene rings is 1. The van der Waals surface area contributed by atoms with Gasteiger partial charge in [-0.05, 0) is 49.6 Å². The Morgan fingerprint density at radius 1 is 1.19 bits per heavy atom. The lowest BCUT2D eigenvalue weighted by atomic mass is 10.1. The van der Waals surface area contributed by atoms with E-state index in [2.05, 4.69) is 23.9 Å². The van der Waals surface area contributed by atoms with Crippen LogP contribution >= 0.6 is 11.3 Å². The van der Waals surface area contributed by atoms with Crippen LogP contribution in [0.5, 0.6) is 5.75 Å². The maximum atomic E-state index is 11.6. The summed E-state index contributed by atoms with van der Waals surface area (Å²) >= 11 is 1.61. The molecule has 1 aromatic carbocycles. The minimum Gasteiger partial charge on any atom is -0.488 e. The van der Waals surface area contributed by atoms with Crippen molar-refractivity contribution >= 4 is 27.7 Å². The van der Waals surface area contributed by atoms with E-state index in [1.807, 2.05) is 46.5 Å². The average molecular weight is 377 g/mol. The van der Waals surface area contributed by atoms with Crippen LogP contribution in [-0.4, -0.2) is 21.1 Å². The second-order valence-corrected chi connectivity index (χ2v) is 7.43. The minimum absolute atomic E-state index is 0.230. The number of nitrogens with zero attached hydrogens (tertiary/aromatic N) is 3. The minimum atomic E-state index is 0.230. The molecule has 0 unspecified atom stereocenters. The highest BCUT2D eigenvalue weighted by Gasteiger charge is 2.15. The zero-order chi connectivity index (χ0) is 18.8. The van der Waals surface area contributed by atoms with Crippen molar-refractivity contribution in [2.45, 2.75) is 26.5 Å². The van der Waals surface area contributed by atoms with Crippen molar-refractivity contribution in [1.29, 1.82) is 0 Å². The first-order valence-corrected chi connectivity index (χ1v) is 9.63. The number of carbonyl (C=O) groups excluding carboxylic acids is 1. The molecule has 4 rings (SSSR count). The molecule has 0 spiro atoms. The Morgan fingerprint density at radius 2 is 2.07 bits per heavy atom. The molecule has 0 bridgehead atoms. The lowest BCUT2D eigenvalue weighted by molar-refractivity contribution is 0.112. The van der Waals surface area contributed by atoms with Gasteiger partial charge in [0.15, 0.2) is 6.29 Å². The molecule has 5 nitrogen and oxygen atoms in total. The van der Waals surface area contributed by atoms with Gasteiger partial charge in [-0.3, -0.25) is 14.5 Å². The standard InChI is InChI=1S/C21H19N3O2S/c1-14(2)24-18(7-10-23-24)21-15(4-3-9-22-21)13-26-19-5-6-20-16(8-11-27-20)17(19)12-25/h3-12,14H,13H2,1-2H3. The molecule has 3 heterocycles. The van der Waals surface area contributed by atoms with E-state index in [1.54, 1.807) is 23.7 Å². The van der Waals surface area contributed by atoms with Gasteiger partial charge in [-0.25, -0.2) is 0 Å². The van der Waals surface area contributed by atoms with Crippen molar-refractivity contribution in [2.24, 2.45) is 0 Å². The van der Waals surface area contributed by atoms with Gasteiger partial charge in [0.25, 0.3) is 0 Å². The average Bonchev–Trinajstić information content (AvgIpc) is 3.35. The Labute approximate surface area is 161 Å². The van der Waals surface area contributed by atoms with E-state index in [1.165, 1.54) is 0 Å². The van der Waals surface area contributed by atoms with Crippen LogP contribution in [0, 0.1) is 0 Å². The first kappa shape index (κ1) is 17.4. The fourth-order valence-electron chi connectivity index (χ4n) is 3.15. The van der Waals surface area contributed by atoms with Crippen LogP contribution in [0.25, 0.3) is 21.5 Å².